The first-order valence-corrected chi connectivity index (χ1v) is 7.49. The lowest BCUT2D eigenvalue weighted by Crippen LogP contribution is -2.10. The number of hydrogen-bond acceptors (Lipinski definition) is 3. The summed E-state index contributed by atoms with van der Waals surface area (Å²) >= 11 is 0. The molecule has 1 heterocycles. The van der Waals surface area contributed by atoms with E-state index >= 15 is 0 Å². The minimum absolute atomic E-state index is 0.527. The summed E-state index contributed by atoms with van der Waals surface area (Å²) in [6, 6.07) is 12.4. The quantitative estimate of drug-likeness (QED) is 0.904. The Labute approximate surface area is 120 Å². The fourth-order valence-corrected chi connectivity index (χ4v) is 2.89. The number of nitrogens with zero attached hydrogens (tertiary/aromatic N) is 2. The van der Waals surface area contributed by atoms with E-state index in [0.717, 1.165) is 22.9 Å². The molecule has 1 aliphatic carbocycles. The fraction of sp³-hybridized carbons (Fsp3) is 0.412. The number of nitrogens with one attached hydrogen (secondary N) is 1. The van der Waals surface area contributed by atoms with Crippen LogP contribution >= 0.6 is 0 Å². The summed E-state index contributed by atoms with van der Waals surface area (Å²) in [7, 11) is 1.92. The van der Waals surface area contributed by atoms with Crippen LogP contribution in [0.2, 0.25) is 0 Å². The van der Waals surface area contributed by atoms with Crippen LogP contribution in [0.25, 0.3) is 11.3 Å². The Morgan fingerprint density at radius 1 is 1.00 bits per heavy atom. The summed E-state index contributed by atoms with van der Waals surface area (Å²) in [5, 5.41) is 3.17. The highest BCUT2D eigenvalue weighted by Gasteiger charge is 2.19. The molecule has 0 atom stereocenters. The largest absolute Gasteiger partial charge is 0.373 e. The number of benzene rings is 1. The molecule has 1 aromatic carbocycles. The molecule has 0 amide bonds. The second kappa shape index (κ2) is 6.04. The van der Waals surface area contributed by atoms with Crippen LogP contribution in [0.1, 0.15) is 43.8 Å². The zero-order valence-electron chi connectivity index (χ0n) is 12.0. The zero-order chi connectivity index (χ0) is 13.8. The molecular formula is C17H21N3. The normalized spacial score (nSPS) is 16.1. The summed E-state index contributed by atoms with van der Waals surface area (Å²) in [6.45, 7) is 0. The molecule has 1 fully saturated rings. The molecule has 1 saturated carbocycles. The smallest absolute Gasteiger partial charge is 0.134 e. The van der Waals surface area contributed by atoms with E-state index in [-0.39, 0.29) is 0 Å². The van der Waals surface area contributed by atoms with Crippen LogP contribution < -0.4 is 5.32 Å². The molecular weight excluding hydrogens is 246 g/mol. The van der Waals surface area contributed by atoms with Crippen molar-refractivity contribution in [1.82, 2.24) is 9.97 Å². The average molecular weight is 267 g/mol. The van der Waals surface area contributed by atoms with Gasteiger partial charge < -0.3 is 5.32 Å². The van der Waals surface area contributed by atoms with Gasteiger partial charge in [-0.15, -0.1) is 0 Å². The van der Waals surface area contributed by atoms with E-state index in [2.05, 4.69) is 34.6 Å². The van der Waals surface area contributed by atoms with Crippen LogP contribution in [0.3, 0.4) is 0 Å². The van der Waals surface area contributed by atoms with Gasteiger partial charge in [0.2, 0.25) is 0 Å². The van der Waals surface area contributed by atoms with Crippen LogP contribution in [-0.4, -0.2) is 17.0 Å². The Balaban J connectivity index is 1.98. The van der Waals surface area contributed by atoms with Crippen molar-refractivity contribution in [3.63, 3.8) is 0 Å². The van der Waals surface area contributed by atoms with E-state index in [9.17, 15) is 0 Å². The number of aromatic nitrogens is 2. The van der Waals surface area contributed by atoms with E-state index in [1.165, 1.54) is 32.1 Å². The Bertz CT molecular complexity index is 560. The van der Waals surface area contributed by atoms with Gasteiger partial charge in [0.1, 0.15) is 11.6 Å². The van der Waals surface area contributed by atoms with E-state index < -0.39 is 0 Å². The third kappa shape index (κ3) is 2.82. The van der Waals surface area contributed by atoms with Gasteiger partial charge in [-0.3, -0.25) is 0 Å². The molecule has 1 N–H and O–H groups in total. The van der Waals surface area contributed by atoms with Gasteiger partial charge in [-0.25, -0.2) is 9.97 Å². The van der Waals surface area contributed by atoms with Crippen molar-refractivity contribution in [2.45, 2.75) is 38.0 Å². The van der Waals surface area contributed by atoms with Crippen molar-refractivity contribution in [3.05, 3.63) is 42.2 Å². The fourth-order valence-electron chi connectivity index (χ4n) is 2.89. The molecule has 0 unspecified atom stereocenters. The van der Waals surface area contributed by atoms with Gasteiger partial charge in [0.25, 0.3) is 0 Å². The summed E-state index contributed by atoms with van der Waals surface area (Å²) in [5.41, 5.74) is 2.17. The average Bonchev–Trinajstić information content (AvgIpc) is 2.56. The van der Waals surface area contributed by atoms with Crippen molar-refractivity contribution >= 4 is 5.82 Å². The van der Waals surface area contributed by atoms with Crippen molar-refractivity contribution in [3.8, 4) is 11.3 Å². The highest BCUT2D eigenvalue weighted by molar-refractivity contribution is 5.62. The number of anilines is 1. The summed E-state index contributed by atoms with van der Waals surface area (Å²) < 4.78 is 0. The van der Waals surface area contributed by atoms with Crippen LogP contribution in [-0.2, 0) is 0 Å². The predicted octanol–water partition coefficient (Wildman–Crippen LogP) is 4.23. The monoisotopic (exact) mass is 267 g/mol. The molecule has 20 heavy (non-hydrogen) atoms. The van der Waals surface area contributed by atoms with Crippen LogP contribution in [0, 0.1) is 0 Å². The molecule has 0 aliphatic heterocycles. The third-order valence-corrected chi connectivity index (χ3v) is 4.04. The first kappa shape index (κ1) is 13.1. The third-order valence-electron chi connectivity index (χ3n) is 4.04. The van der Waals surface area contributed by atoms with Crippen molar-refractivity contribution in [1.29, 1.82) is 0 Å². The van der Waals surface area contributed by atoms with E-state index in [1.54, 1.807) is 0 Å². The maximum Gasteiger partial charge on any atom is 0.134 e. The van der Waals surface area contributed by atoms with E-state index in [0.29, 0.717) is 5.92 Å². The molecule has 1 aromatic heterocycles. The summed E-state index contributed by atoms with van der Waals surface area (Å²) in [6.07, 6.45) is 6.41. The Morgan fingerprint density at radius 2 is 1.75 bits per heavy atom. The Kier molecular flexibility index (Phi) is 3.95. The van der Waals surface area contributed by atoms with E-state index in [1.807, 2.05) is 19.2 Å². The Morgan fingerprint density at radius 3 is 2.45 bits per heavy atom. The summed E-state index contributed by atoms with van der Waals surface area (Å²) in [5.74, 6) is 2.45. The first-order chi connectivity index (χ1) is 9.86. The highest BCUT2D eigenvalue weighted by atomic mass is 15.0. The van der Waals surface area contributed by atoms with Gasteiger partial charge in [0.05, 0.1) is 5.69 Å². The van der Waals surface area contributed by atoms with Gasteiger partial charge in [-0.1, -0.05) is 49.6 Å². The molecule has 3 heteroatoms. The second-order valence-corrected chi connectivity index (χ2v) is 5.45. The maximum atomic E-state index is 4.82. The molecule has 0 spiro atoms. The standard InChI is InChI=1S/C17H21N3/c1-18-16-12-15(13-8-4-2-5-9-13)19-17(20-16)14-10-6-3-7-11-14/h2,4-5,8-9,12,14H,3,6-7,10-11H2,1H3,(H,18,19,20). The minimum Gasteiger partial charge on any atom is -0.373 e. The van der Waals surface area contributed by atoms with Crippen molar-refractivity contribution < 1.29 is 0 Å². The molecule has 0 bridgehead atoms. The van der Waals surface area contributed by atoms with Gasteiger partial charge in [0, 0.05) is 24.6 Å². The zero-order valence-corrected chi connectivity index (χ0v) is 12.0. The molecule has 0 radical (unpaired) electrons. The van der Waals surface area contributed by atoms with Crippen LogP contribution in [0.5, 0.6) is 0 Å². The summed E-state index contributed by atoms with van der Waals surface area (Å²) in [4.78, 5) is 9.50. The molecule has 2 aromatic rings. The second-order valence-electron chi connectivity index (χ2n) is 5.45. The van der Waals surface area contributed by atoms with Gasteiger partial charge in [-0.2, -0.15) is 0 Å². The van der Waals surface area contributed by atoms with Crippen LogP contribution in [0.4, 0.5) is 5.82 Å². The van der Waals surface area contributed by atoms with Gasteiger partial charge in [0.15, 0.2) is 0 Å². The van der Waals surface area contributed by atoms with Crippen molar-refractivity contribution in [2.75, 3.05) is 12.4 Å². The lowest BCUT2D eigenvalue weighted by molar-refractivity contribution is 0.429. The van der Waals surface area contributed by atoms with Gasteiger partial charge >= 0.3 is 0 Å². The first-order valence-electron chi connectivity index (χ1n) is 7.49. The van der Waals surface area contributed by atoms with Crippen LogP contribution in [0.15, 0.2) is 36.4 Å². The SMILES string of the molecule is CNc1cc(-c2ccccc2)nc(C2CCCCC2)n1. The molecule has 0 saturated heterocycles. The van der Waals surface area contributed by atoms with Crippen molar-refractivity contribution in [2.24, 2.45) is 0 Å². The van der Waals surface area contributed by atoms with Gasteiger partial charge in [-0.05, 0) is 12.8 Å². The topological polar surface area (TPSA) is 37.8 Å². The number of rotatable bonds is 3. The molecule has 3 nitrogen and oxygen atoms in total. The number of hydrogen-bond donors (Lipinski definition) is 1. The minimum atomic E-state index is 0.527. The lowest BCUT2D eigenvalue weighted by Gasteiger charge is -2.21. The maximum absolute atomic E-state index is 4.82. The molecule has 104 valence electrons. The van der Waals surface area contributed by atoms with E-state index in [4.69, 9.17) is 4.98 Å². The molecule has 1 aliphatic rings. The molecule has 3 rings (SSSR count). The Hall–Kier alpha value is -1.90. The lowest BCUT2D eigenvalue weighted by atomic mass is 9.88. The highest BCUT2D eigenvalue weighted by Crippen LogP contribution is 2.32. The predicted molar refractivity (Wildman–Crippen MR) is 82.8 cm³/mol.